The molecule has 1 N–H and O–H groups in total. The number of nitro benzene ring substituents is 1. The van der Waals surface area contributed by atoms with Crippen molar-refractivity contribution in [3.63, 3.8) is 0 Å². The topological polar surface area (TPSA) is 81.5 Å². The molecule has 0 saturated heterocycles. The van der Waals surface area contributed by atoms with Crippen molar-refractivity contribution in [1.82, 2.24) is 0 Å². The van der Waals surface area contributed by atoms with Gasteiger partial charge in [0.25, 0.3) is 5.69 Å². The van der Waals surface area contributed by atoms with E-state index in [2.05, 4.69) is 17.5 Å². The summed E-state index contributed by atoms with van der Waals surface area (Å²) in [5.41, 5.74) is 2.82. The van der Waals surface area contributed by atoms with Crippen LogP contribution in [0.2, 0.25) is 5.02 Å². The Morgan fingerprint density at radius 2 is 2.11 bits per heavy atom. The van der Waals surface area contributed by atoms with Gasteiger partial charge in [-0.1, -0.05) is 35.9 Å². The SMILES string of the molecule is COC(=O)c1cccc2c1N[C@@H](c1cc([N+](=O)[O-])ccc1Cl)[C@H]1CC=C[C@@H]21. The minimum Gasteiger partial charge on any atom is -0.465 e. The third-order valence-electron chi connectivity index (χ3n) is 5.33. The van der Waals surface area contributed by atoms with Gasteiger partial charge in [0.2, 0.25) is 0 Å². The zero-order valence-corrected chi connectivity index (χ0v) is 15.3. The first-order valence-electron chi connectivity index (χ1n) is 8.59. The highest BCUT2D eigenvalue weighted by molar-refractivity contribution is 6.31. The lowest BCUT2D eigenvalue weighted by atomic mass is 9.76. The standard InChI is InChI=1S/C20H17ClN2O4/c1-27-20(24)15-7-3-6-13-12-4-2-5-14(12)19(22-18(13)15)16-10-11(23(25)26)8-9-17(16)21/h2-4,6-10,12,14,19,22H,5H2,1H3/t12-,14-,19+/m0/s1. The molecule has 7 heteroatoms. The molecule has 1 heterocycles. The van der Waals surface area contributed by atoms with E-state index >= 15 is 0 Å². The molecular formula is C20H17ClN2O4. The Balaban J connectivity index is 1.85. The largest absolute Gasteiger partial charge is 0.465 e. The van der Waals surface area contributed by atoms with Gasteiger partial charge in [-0.3, -0.25) is 10.1 Å². The maximum absolute atomic E-state index is 12.2. The number of allylic oxidation sites excluding steroid dienone is 2. The van der Waals surface area contributed by atoms with Gasteiger partial charge in [0.1, 0.15) is 0 Å². The molecule has 27 heavy (non-hydrogen) atoms. The number of hydrogen-bond acceptors (Lipinski definition) is 5. The number of esters is 1. The first-order valence-corrected chi connectivity index (χ1v) is 8.97. The van der Waals surface area contributed by atoms with Crippen LogP contribution in [0.1, 0.15) is 39.9 Å². The molecule has 0 saturated carbocycles. The van der Waals surface area contributed by atoms with Gasteiger partial charge in [-0.05, 0) is 30.0 Å². The van der Waals surface area contributed by atoms with Crippen molar-refractivity contribution in [2.75, 3.05) is 12.4 Å². The van der Waals surface area contributed by atoms with Gasteiger partial charge < -0.3 is 10.1 Å². The summed E-state index contributed by atoms with van der Waals surface area (Å²) in [6.07, 6.45) is 5.06. The van der Waals surface area contributed by atoms with Crippen molar-refractivity contribution in [3.8, 4) is 0 Å². The first kappa shape index (κ1) is 17.5. The van der Waals surface area contributed by atoms with Crippen molar-refractivity contribution >= 4 is 28.9 Å². The highest BCUT2D eigenvalue weighted by Crippen LogP contribution is 2.51. The summed E-state index contributed by atoms with van der Waals surface area (Å²) >= 11 is 6.41. The van der Waals surface area contributed by atoms with Crippen molar-refractivity contribution in [3.05, 3.63) is 80.4 Å². The minimum atomic E-state index is -0.430. The van der Waals surface area contributed by atoms with Gasteiger partial charge >= 0.3 is 5.97 Å². The van der Waals surface area contributed by atoms with E-state index < -0.39 is 10.9 Å². The van der Waals surface area contributed by atoms with E-state index in [9.17, 15) is 14.9 Å². The number of carbonyl (C=O) groups excluding carboxylic acids is 1. The van der Waals surface area contributed by atoms with E-state index in [4.69, 9.17) is 16.3 Å². The molecule has 0 bridgehead atoms. The Morgan fingerprint density at radius 1 is 1.30 bits per heavy atom. The predicted octanol–water partition coefficient (Wildman–Crippen LogP) is 4.86. The number of fused-ring (bicyclic) bond motifs is 3. The molecule has 0 amide bonds. The van der Waals surface area contributed by atoms with Crippen LogP contribution in [0.15, 0.2) is 48.6 Å². The average Bonchev–Trinajstić information content (AvgIpc) is 3.16. The van der Waals surface area contributed by atoms with Gasteiger partial charge in [-0.15, -0.1) is 0 Å². The van der Waals surface area contributed by atoms with Crippen LogP contribution < -0.4 is 5.32 Å². The number of methoxy groups -OCH3 is 1. The normalized spacial score (nSPS) is 22.5. The number of benzene rings is 2. The quantitative estimate of drug-likeness (QED) is 0.353. The summed E-state index contributed by atoms with van der Waals surface area (Å²) < 4.78 is 4.92. The number of nitrogens with zero attached hydrogens (tertiary/aromatic N) is 1. The van der Waals surface area contributed by atoms with Crippen LogP contribution >= 0.6 is 11.6 Å². The second-order valence-electron chi connectivity index (χ2n) is 6.70. The summed E-state index contributed by atoms with van der Waals surface area (Å²) in [4.78, 5) is 23.0. The van der Waals surface area contributed by atoms with Crippen LogP contribution in [0, 0.1) is 16.0 Å². The first-order chi connectivity index (χ1) is 13.0. The molecule has 0 spiro atoms. The van der Waals surface area contributed by atoms with Crippen molar-refractivity contribution in [2.24, 2.45) is 5.92 Å². The van der Waals surface area contributed by atoms with Gasteiger partial charge in [0.15, 0.2) is 0 Å². The lowest BCUT2D eigenvalue weighted by Crippen LogP contribution is -2.30. The number of rotatable bonds is 3. The second kappa shape index (κ2) is 6.70. The van der Waals surface area contributed by atoms with E-state index in [1.807, 2.05) is 12.1 Å². The van der Waals surface area contributed by atoms with Crippen LogP contribution in [0.4, 0.5) is 11.4 Å². The van der Waals surface area contributed by atoms with Crippen molar-refractivity contribution < 1.29 is 14.5 Å². The summed E-state index contributed by atoms with van der Waals surface area (Å²) in [6, 6.07) is 9.76. The maximum Gasteiger partial charge on any atom is 0.339 e. The monoisotopic (exact) mass is 384 g/mol. The summed E-state index contributed by atoms with van der Waals surface area (Å²) in [5.74, 6) is -0.167. The zero-order valence-electron chi connectivity index (χ0n) is 14.5. The molecule has 2 aromatic rings. The van der Waals surface area contributed by atoms with E-state index in [1.165, 1.54) is 19.2 Å². The summed E-state index contributed by atoms with van der Waals surface area (Å²) in [6.45, 7) is 0. The molecule has 2 aliphatic rings. The summed E-state index contributed by atoms with van der Waals surface area (Å²) in [7, 11) is 1.34. The summed E-state index contributed by atoms with van der Waals surface area (Å²) in [5, 5.41) is 15.1. The van der Waals surface area contributed by atoms with Gasteiger partial charge in [0.05, 0.1) is 29.3 Å². The third-order valence-corrected chi connectivity index (χ3v) is 5.67. The smallest absolute Gasteiger partial charge is 0.339 e. The molecule has 0 fully saturated rings. The molecule has 1 aliphatic heterocycles. The fourth-order valence-electron chi connectivity index (χ4n) is 4.09. The second-order valence-corrected chi connectivity index (χ2v) is 7.11. The number of non-ortho nitro benzene ring substituents is 1. The molecular weight excluding hydrogens is 368 g/mol. The molecule has 0 aromatic heterocycles. The molecule has 0 unspecified atom stereocenters. The molecule has 2 aromatic carbocycles. The lowest BCUT2D eigenvalue weighted by molar-refractivity contribution is -0.384. The fraction of sp³-hybridized carbons (Fsp3) is 0.250. The van der Waals surface area contributed by atoms with Crippen LogP contribution in [0.5, 0.6) is 0 Å². The van der Waals surface area contributed by atoms with Gasteiger partial charge in [-0.25, -0.2) is 4.79 Å². The van der Waals surface area contributed by atoms with Crippen LogP contribution in [-0.4, -0.2) is 18.0 Å². The molecule has 1 aliphatic carbocycles. The number of nitro groups is 1. The number of nitrogens with one attached hydrogen (secondary N) is 1. The molecule has 4 rings (SSSR count). The van der Waals surface area contributed by atoms with Crippen molar-refractivity contribution in [2.45, 2.75) is 18.4 Å². The highest BCUT2D eigenvalue weighted by atomic mass is 35.5. The van der Waals surface area contributed by atoms with E-state index in [0.717, 1.165) is 12.0 Å². The van der Waals surface area contributed by atoms with Crippen LogP contribution in [-0.2, 0) is 4.74 Å². The van der Waals surface area contributed by atoms with Crippen LogP contribution in [0.3, 0.4) is 0 Å². The fourth-order valence-corrected chi connectivity index (χ4v) is 4.33. The average molecular weight is 385 g/mol. The van der Waals surface area contributed by atoms with Crippen LogP contribution in [0.25, 0.3) is 0 Å². The minimum absolute atomic E-state index is 0.00856. The lowest BCUT2D eigenvalue weighted by Gasteiger charge is -2.38. The molecule has 3 atom stereocenters. The Bertz CT molecular complexity index is 972. The Kier molecular flexibility index (Phi) is 4.36. The number of carbonyl (C=O) groups is 1. The number of halogens is 1. The zero-order chi connectivity index (χ0) is 19.1. The molecule has 6 nitrogen and oxygen atoms in total. The number of hydrogen-bond donors (Lipinski definition) is 1. The third kappa shape index (κ3) is 2.86. The number of para-hydroxylation sites is 1. The Morgan fingerprint density at radius 3 is 2.85 bits per heavy atom. The molecule has 0 radical (unpaired) electrons. The van der Waals surface area contributed by atoms with E-state index in [1.54, 1.807) is 12.1 Å². The van der Waals surface area contributed by atoms with E-state index in [0.29, 0.717) is 21.8 Å². The van der Waals surface area contributed by atoms with Crippen molar-refractivity contribution in [1.29, 1.82) is 0 Å². The maximum atomic E-state index is 12.2. The number of ether oxygens (including phenoxy) is 1. The molecule has 138 valence electrons. The number of anilines is 1. The van der Waals surface area contributed by atoms with E-state index in [-0.39, 0.29) is 23.6 Å². The van der Waals surface area contributed by atoms with Gasteiger partial charge in [0, 0.05) is 28.6 Å². The predicted molar refractivity (Wildman–Crippen MR) is 102 cm³/mol. The highest BCUT2D eigenvalue weighted by Gasteiger charge is 2.40. The van der Waals surface area contributed by atoms with Gasteiger partial charge in [-0.2, -0.15) is 0 Å². The Hall–Kier alpha value is -2.86. The Labute approximate surface area is 160 Å².